The zero-order valence-electron chi connectivity index (χ0n) is 27.2. The smallest absolute Gasteiger partial charge is 0.268 e. The zero-order chi connectivity index (χ0) is 33.1. The maximum atomic E-state index is 16.5. The number of carbonyl (C=O) groups excluding carboxylic acids is 3. The molecule has 4 aliphatic heterocycles. The molecule has 10 heteroatoms. The van der Waals surface area contributed by atoms with Crippen LogP contribution in [0, 0.1) is 5.92 Å². The lowest BCUT2D eigenvalue weighted by molar-refractivity contribution is -0.150. The molecule has 0 bridgehead atoms. The number of aliphatic hydroxyl groups excluding tert-OH is 1. The third-order valence-corrected chi connectivity index (χ3v) is 13.2. The van der Waals surface area contributed by atoms with E-state index in [2.05, 4.69) is 0 Å². The van der Waals surface area contributed by atoms with Gasteiger partial charge in [-0.3, -0.25) is 19.3 Å². The summed E-state index contributed by atoms with van der Waals surface area (Å²) in [4.78, 5) is 47.1. The molecule has 3 aromatic carbocycles. The number of amides is 3. The number of halogens is 1. The molecule has 3 aromatic rings. The summed E-state index contributed by atoms with van der Waals surface area (Å²) in [5.41, 5.74) is 2.52. The van der Waals surface area contributed by atoms with Gasteiger partial charge in [-0.05, 0) is 73.8 Å². The summed E-state index contributed by atoms with van der Waals surface area (Å²) < 4.78 is 23.4. The van der Waals surface area contributed by atoms with E-state index in [1.54, 1.807) is 27.8 Å². The third-order valence-electron chi connectivity index (χ3n) is 10.8. The van der Waals surface area contributed by atoms with Crippen molar-refractivity contribution in [1.29, 1.82) is 0 Å². The number of anilines is 3. The van der Waals surface area contributed by atoms with Crippen molar-refractivity contribution in [2.24, 2.45) is 5.92 Å². The van der Waals surface area contributed by atoms with Crippen molar-refractivity contribution < 1.29 is 28.3 Å². The first-order valence-corrected chi connectivity index (χ1v) is 19.7. The first-order valence-electron chi connectivity index (χ1n) is 16.7. The van der Waals surface area contributed by atoms with Crippen molar-refractivity contribution in [3.05, 3.63) is 89.5 Å². The van der Waals surface area contributed by atoms with Crippen molar-refractivity contribution in [2.75, 3.05) is 23.0 Å². The summed E-state index contributed by atoms with van der Waals surface area (Å²) >= 11 is 0. The average Bonchev–Trinajstić information content (AvgIpc) is 3.50. The van der Waals surface area contributed by atoms with Gasteiger partial charge in [-0.25, -0.2) is 0 Å². The fourth-order valence-electron chi connectivity index (χ4n) is 8.57. The number of hydrogen-bond acceptors (Lipinski definition) is 5. The van der Waals surface area contributed by atoms with Gasteiger partial charge >= 0.3 is 0 Å². The zero-order valence-corrected chi connectivity index (χ0v) is 28.2. The summed E-state index contributed by atoms with van der Waals surface area (Å²) in [6.07, 6.45) is 1.78. The largest absolute Gasteiger partial charge is 0.394 e. The van der Waals surface area contributed by atoms with Crippen molar-refractivity contribution in [3.63, 3.8) is 0 Å². The molecule has 3 amide bonds. The molecule has 0 aliphatic carbocycles. The highest BCUT2D eigenvalue weighted by Crippen LogP contribution is 2.61. The average molecular weight is 656 g/mol. The first kappa shape index (κ1) is 31.7. The monoisotopic (exact) mass is 655 g/mol. The summed E-state index contributed by atoms with van der Waals surface area (Å²) in [5.74, 6) is -1.09. The standard InChI is InChI=1S/C37H42FN3O5Si/c1-24-35(47(2,3)38)32(21-34(44)40-22-26-12-8-7-11-25(26)19-29(40)23-42)46-37(24)30-20-28(39-18-10-9-15-33(39)43)16-17-31(30)41(36(37)45)27-13-5-4-6-14-27/h4-8,11-14,16-17,20,24,29,32,35,42H,9-10,15,18-19,21-23H2,1-3H3/t24-,29-,32+,35-,37+/m0/s1. The summed E-state index contributed by atoms with van der Waals surface area (Å²) in [7, 11) is -3.53. The fourth-order valence-corrected chi connectivity index (χ4v) is 11.1. The Balaban J connectivity index is 1.30. The Morgan fingerprint density at radius 1 is 1.00 bits per heavy atom. The number of para-hydroxylation sites is 1. The highest BCUT2D eigenvalue weighted by molar-refractivity contribution is 6.72. The molecule has 0 aromatic heterocycles. The quantitative estimate of drug-likeness (QED) is 0.260. The van der Waals surface area contributed by atoms with E-state index in [0.29, 0.717) is 48.6 Å². The molecule has 1 spiro atoms. The van der Waals surface area contributed by atoms with Crippen molar-refractivity contribution >= 4 is 43.2 Å². The van der Waals surface area contributed by atoms with Crippen molar-refractivity contribution in [2.45, 2.75) is 82.0 Å². The molecule has 4 heterocycles. The molecule has 4 aliphatic rings. The van der Waals surface area contributed by atoms with E-state index < -0.39 is 37.6 Å². The van der Waals surface area contributed by atoms with Crippen LogP contribution >= 0.6 is 0 Å². The molecule has 0 saturated carbocycles. The van der Waals surface area contributed by atoms with Crippen LogP contribution in [-0.2, 0) is 37.7 Å². The van der Waals surface area contributed by atoms with Gasteiger partial charge in [0.25, 0.3) is 5.91 Å². The van der Waals surface area contributed by atoms with Crippen LogP contribution in [0.5, 0.6) is 0 Å². The van der Waals surface area contributed by atoms with Gasteiger partial charge in [0.15, 0.2) is 5.60 Å². The Hall–Kier alpha value is -3.86. The SMILES string of the molecule is C[C@H]1[C@H]([Si](C)(C)F)[C@@H](CC(=O)N2Cc3ccccc3C[C@H]2CO)O[C@]12C(=O)N(c1ccccc1)c1ccc(N3CCCCC3=O)cc12. The van der Waals surface area contributed by atoms with Crippen LogP contribution in [-0.4, -0.2) is 61.4 Å². The lowest BCUT2D eigenvalue weighted by atomic mass is 9.82. The predicted octanol–water partition coefficient (Wildman–Crippen LogP) is 5.99. The summed E-state index contributed by atoms with van der Waals surface area (Å²) in [6.45, 7) is 5.89. The molecule has 47 heavy (non-hydrogen) atoms. The minimum absolute atomic E-state index is 0.0371. The second kappa shape index (κ2) is 12.0. The number of rotatable bonds is 6. The molecule has 7 rings (SSSR count). The third kappa shape index (κ3) is 5.21. The van der Waals surface area contributed by atoms with Crippen LogP contribution in [0.2, 0.25) is 18.6 Å². The first-order chi connectivity index (χ1) is 22.5. The summed E-state index contributed by atoms with van der Waals surface area (Å²) in [6, 6.07) is 22.5. The Bertz CT molecular complexity index is 1710. The Labute approximate surface area is 276 Å². The highest BCUT2D eigenvalue weighted by Gasteiger charge is 2.67. The van der Waals surface area contributed by atoms with E-state index in [1.807, 2.05) is 79.7 Å². The lowest BCUT2D eigenvalue weighted by Gasteiger charge is -2.37. The number of aliphatic hydroxyl groups is 1. The van der Waals surface area contributed by atoms with E-state index in [9.17, 15) is 19.5 Å². The van der Waals surface area contributed by atoms with Gasteiger partial charge in [0.1, 0.15) is 0 Å². The molecule has 5 atom stereocenters. The molecule has 2 fully saturated rings. The van der Waals surface area contributed by atoms with Gasteiger partial charge in [-0.1, -0.05) is 49.4 Å². The van der Waals surface area contributed by atoms with Crippen LogP contribution in [0.1, 0.15) is 49.3 Å². The van der Waals surface area contributed by atoms with Gasteiger partial charge < -0.3 is 23.8 Å². The van der Waals surface area contributed by atoms with Gasteiger partial charge in [0, 0.05) is 47.9 Å². The molecule has 2 saturated heterocycles. The van der Waals surface area contributed by atoms with Crippen LogP contribution in [0.3, 0.4) is 0 Å². The molecule has 0 unspecified atom stereocenters. The minimum atomic E-state index is -3.53. The number of ether oxygens (including phenoxy) is 1. The van der Waals surface area contributed by atoms with E-state index in [0.717, 1.165) is 24.0 Å². The summed E-state index contributed by atoms with van der Waals surface area (Å²) in [5, 5.41) is 10.3. The van der Waals surface area contributed by atoms with Crippen molar-refractivity contribution in [3.8, 4) is 0 Å². The normalized spacial score (nSPS) is 27.4. The molecule has 8 nitrogen and oxygen atoms in total. The van der Waals surface area contributed by atoms with Crippen LogP contribution in [0.15, 0.2) is 72.8 Å². The maximum absolute atomic E-state index is 16.5. The Morgan fingerprint density at radius 2 is 1.72 bits per heavy atom. The molecule has 1 N–H and O–H groups in total. The minimum Gasteiger partial charge on any atom is -0.394 e. The second-order valence-corrected chi connectivity index (χ2v) is 17.8. The second-order valence-electron chi connectivity index (χ2n) is 14.0. The van der Waals surface area contributed by atoms with E-state index in [4.69, 9.17) is 4.74 Å². The fraction of sp³-hybridized carbons (Fsp3) is 0.432. The van der Waals surface area contributed by atoms with Gasteiger partial charge in [0.2, 0.25) is 20.2 Å². The van der Waals surface area contributed by atoms with E-state index in [1.165, 1.54) is 0 Å². The number of carbonyl (C=O) groups is 3. The number of hydrogen-bond donors (Lipinski definition) is 1. The van der Waals surface area contributed by atoms with Gasteiger partial charge in [0.05, 0.1) is 30.9 Å². The van der Waals surface area contributed by atoms with Crippen molar-refractivity contribution in [1.82, 2.24) is 4.90 Å². The Morgan fingerprint density at radius 3 is 2.43 bits per heavy atom. The van der Waals surface area contributed by atoms with Crippen LogP contribution in [0.4, 0.5) is 21.2 Å². The number of nitrogens with zero attached hydrogens (tertiary/aromatic N) is 3. The van der Waals surface area contributed by atoms with Gasteiger partial charge in [-0.15, -0.1) is 0 Å². The molecule has 246 valence electrons. The highest BCUT2D eigenvalue weighted by atomic mass is 28.4. The maximum Gasteiger partial charge on any atom is 0.268 e. The topological polar surface area (TPSA) is 90.4 Å². The lowest BCUT2D eigenvalue weighted by Crippen LogP contribution is -2.48. The van der Waals surface area contributed by atoms with E-state index >= 15 is 4.11 Å². The number of fused-ring (bicyclic) bond motifs is 3. The molecular formula is C37H42FN3O5Si. The van der Waals surface area contributed by atoms with Crippen LogP contribution < -0.4 is 9.80 Å². The molecule has 0 radical (unpaired) electrons. The van der Waals surface area contributed by atoms with E-state index in [-0.39, 0.29) is 30.7 Å². The molecular weight excluding hydrogens is 614 g/mol. The number of piperidine rings is 1. The van der Waals surface area contributed by atoms with Gasteiger partial charge in [-0.2, -0.15) is 0 Å². The number of benzene rings is 3. The Kier molecular flexibility index (Phi) is 8.09. The van der Waals surface area contributed by atoms with Crippen LogP contribution in [0.25, 0.3) is 0 Å². The predicted molar refractivity (Wildman–Crippen MR) is 180 cm³/mol.